The lowest BCUT2D eigenvalue weighted by molar-refractivity contribution is 0.395. The summed E-state index contributed by atoms with van der Waals surface area (Å²) in [6.07, 6.45) is 4.05. The van der Waals surface area contributed by atoms with E-state index in [0.717, 1.165) is 12.5 Å². The molecule has 1 saturated heterocycles. The van der Waals surface area contributed by atoms with Crippen molar-refractivity contribution < 1.29 is 0 Å². The second-order valence-corrected chi connectivity index (χ2v) is 6.04. The lowest BCUT2D eigenvalue weighted by Crippen LogP contribution is -2.33. The van der Waals surface area contributed by atoms with Gasteiger partial charge in [-0.25, -0.2) is 0 Å². The first-order valence-electron chi connectivity index (χ1n) is 7.76. The molecule has 19 heavy (non-hydrogen) atoms. The van der Waals surface area contributed by atoms with Crippen molar-refractivity contribution in [2.24, 2.45) is 5.92 Å². The maximum atomic E-state index is 3.46. The van der Waals surface area contributed by atoms with E-state index in [2.05, 4.69) is 55.3 Å². The SMILES string of the molecule is CCC1CCN(c2ccc(CNC(C)C)cc2)CC1. The second kappa shape index (κ2) is 6.95. The van der Waals surface area contributed by atoms with Crippen LogP contribution in [0.2, 0.25) is 0 Å². The van der Waals surface area contributed by atoms with Crippen LogP contribution in [0.1, 0.15) is 45.6 Å². The smallest absolute Gasteiger partial charge is 0.0366 e. The number of nitrogens with one attached hydrogen (secondary N) is 1. The molecule has 1 aliphatic heterocycles. The molecule has 1 fully saturated rings. The van der Waals surface area contributed by atoms with Gasteiger partial charge in [0.25, 0.3) is 0 Å². The summed E-state index contributed by atoms with van der Waals surface area (Å²) in [6, 6.07) is 9.63. The molecule has 1 aliphatic rings. The van der Waals surface area contributed by atoms with Gasteiger partial charge in [0.15, 0.2) is 0 Å². The molecule has 0 saturated carbocycles. The first-order chi connectivity index (χ1) is 9.19. The molecule has 0 bridgehead atoms. The Labute approximate surface area is 118 Å². The van der Waals surface area contributed by atoms with Crippen molar-refractivity contribution in [2.75, 3.05) is 18.0 Å². The van der Waals surface area contributed by atoms with Gasteiger partial charge in [-0.2, -0.15) is 0 Å². The van der Waals surface area contributed by atoms with Crippen LogP contribution in [0.15, 0.2) is 24.3 Å². The van der Waals surface area contributed by atoms with E-state index < -0.39 is 0 Å². The molecule has 0 aliphatic carbocycles. The van der Waals surface area contributed by atoms with Gasteiger partial charge in [-0.05, 0) is 36.5 Å². The minimum absolute atomic E-state index is 0.549. The van der Waals surface area contributed by atoms with Gasteiger partial charge < -0.3 is 10.2 Å². The number of hydrogen-bond donors (Lipinski definition) is 1. The minimum atomic E-state index is 0.549. The van der Waals surface area contributed by atoms with Crippen molar-refractivity contribution in [1.29, 1.82) is 0 Å². The lowest BCUT2D eigenvalue weighted by Gasteiger charge is -2.33. The normalized spacial score (nSPS) is 17.2. The van der Waals surface area contributed by atoms with Crippen LogP contribution in [0, 0.1) is 5.92 Å². The fourth-order valence-corrected chi connectivity index (χ4v) is 2.75. The van der Waals surface area contributed by atoms with Crippen LogP contribution in [0.5, 0.6) is 0 Å². The third-order valence-corrected chi connectivity index (χ3v) is 4.21. The van der Waals surface area contributed by atoms with Gasteiger partial charge in [0, 0.05) is 31.4 Å². The minimum Gasteiger partial charge on any atom is -0.372 e. The molecule has 2 nitrogen and oxygen atoms in total. The molecule has 0 amide bonds. The summed E-state index contributed by atoms with van der Waals surface area (Å²) in [5, 5.41) is 3.46. The number of benzene rings is 1. The third kappa shape index (κ3) is 4.24. The molecule has 1 N–H and O–H groups in total. The van der Waals surface area contributed by atoms with Gasteiger partial charge in [-0.15, -0.1) is 0 Å². The molecule has 2 rings (SSSR count). The molecule has 0 spiro atoms. The fraction of sp³-hybridized carbons (Fsp3) is 0.647. The molecular formula is C17H28N2. The van der Waals surface area contributed by atoms with Crippen LogP contribution in [0.4, 0.5) is 5.69 Å². The second-order valence-electron chi connectivity index (χ2n) is 6.04. The number of anilines is 1. The van der Waals surface area contributed by atoms with Crippen LogP contribution >= 0.6 is 0 Å². The molecule has 1 aromatic rings. The van der Waals surface area contributed by atoms with Crippen LogP contribution in [-0.4, -0.2) is 19.1 Å². The van der Waals surface area contributed by atoms with E-state index >= 15 is 0 Å². The van der Waals surface area contributed by atoms with Gasteiger partial charge in [0.2, 0.25) is 0 Å². The predicted octanol–water partition coefficient (Wildman–Crippen LogP) is 3.81. The van der Waals surface area contributed by atoms with Crippen molar-refractivity contribution in [3.05, 3.63) is 29.8 Å². The Kier molecular flexibility index (Phi) is 5.26. The van der Waals surface area contributed by atoms with E-state index in [1.54, 1.807) is 0 Å². The van der Waals surface area contributed by atoms with Crippen LogP contribution in [-0.2, 0) is 6.54 Å². The largest absolute Gasteiger partial charge is 0.372 e. The standard InChI is InChI=1S/C17H28N2/c1-4-15-9-11-19(12-10-15)17-7-5-16(6-8-17)13-18-14(2)3/h5-8,14-15,18H,4,9-13H2,1-3H3. The highest BCUT2D eigenvalue weighted by Crippen LogP contribution is 2.25. The fourth-order valence-electron chi connectivity index (χ4n) is 2.75. The van der Waals surface area contributed by atoms with Crippen LogP contribution < -0.4 is 10.2 Å². The molecular weight excluding hydrogens is 232 g/mol. The van der Waals surface area contributed by atoms with Gasteiger partial charge in [0.1, 0.15) is 0 Å². The number of rotatable bonds is 5. The predicted molar refractivity (Wildman–Crippen MR) is 83.6 cm³/mol. The summed E-state index contributed by atoms with van der Waals surface area (Å²) < 4.78 is 0. The van der Waals surface area contributed by atoms with Crippen molar-refractivity contribution >= 4 is 5.69 Å². The Bertz CT molecular complexity index is 361. The maximum absolute atomic E-state index is 3.46. The molecule has 0 atom stereocenters. The lowest BCUT2D eigenvalue weighted by atomic mass is 9.94. The van der Waals surface area contributed by atoms with Crippen LogP contribution in [0.25, 0.3) is 0 Å². The first kappa shape index (κ1) is 14.4. The highest BCUT2D eigenvalue weighted by atomic mass is 15.1. The number of nitrogens with zero attached hydrogens (tertiary/aromatic N) is 1. The Morgan fingerprint density at radius 2 is 1.79 bits per heavy atom. The monoisotopic (exact) mass is 260 g/mol. The van der Waals surface area contributed by atoms with E-state index in [4.69, 9.17) is 0 Å². The Hall–Kier alpha value is -1.02. The zero-order chi connectivity index (χ0) is 13.7. The highest BCUT2D eigenvalue weighted by molar-refractivity contribution is 5.47. The quantitative estimate of drug-likeness (QED) is 0.866. The van der Waals surface area contributed by atoms with Crippen molar-refractivity contribution in [2.45, 2.75) is 52.6 Å². The average Bonchev–Trinajstić information content (AvgIpc) is 2.46. The number of piperidine rings is 1. The molecule has 0 aromatic heterocycles. The summed E-state index contributed by atoms with van der Waals surface area (Å²) in [4.78, 5) is 2.53. The first-order valence-corrected chi connectivity index (χ1v) is 7.76. The van der Waals surface area contributed by atoms with E-state index in [-0.39, 0.29) is 0 Å². The molecule has 2 heteroatoms. The third-order valence-electron chi connectivity index (χ3n) is 4.21. The number of hydrogen-bond acceptors (Lipinski definition) is 2. The molecule has 0 radical (unpaired) electrons. The van der Waals surface area contributed by atoms with Gasteiger partial charge in [-0.3, -0.25) is 0 Å². The molecule has 0 unspecified atom stereocenters. The van der Waals surface area contributed by atoms with E-state index in [9.17, 15) is 0 Å². The zero-order valence-electron chi connectivity index (χ0n) is 12.7. The summed E-state index contributed by atoms with van der Waals surface area (Å²) >= 11 is 0. The Balaban J connectivity index is 1.88. The molecule has 1 heterocycles. The Morgan fingerprint density at radius 3 is 2.32 bits per heavy atom. The summed E-state index contributed by atoms with van der Waals surface area (Å²) in [5.74, 6) is 0.950. The van der Waals surface area contributed by atoms with E-state index in [1.807, 2.05) is 0 Å². The summed E-state index contributed by atoms with van der Waals surface area (Å²) in [5.41, 5.74) is 2.77. The summed E-state index contributed by atoms with van der Waals surface area (Å²) in [7, 11) is 0. The van der Waals surface area contributed by atoms with Crippen LogP contribution in [0.3, 0.4) is 0 Å². The molecule has 1 aromatic carbocycles. The average molecular weight is 260 g/mol. The van der Waals surface area contributed by atoms with Crippen molar-refractivity contribution in [3.8, 4) is 0 Å². The summed E-state index contributed by atoms with van der Waals surface area (Å²) in [6.45, 7) is 10.1. The Morgan fingerprint density at radius 1 is 1.16 bits per heavy atom. The highest BCUT2D eigenvalue weighted by Gasteiger charge is 2.17. The molecule has 106 valence electrons. The van der Waals surface area contributed by atoms with Crippen molar-refractivity contribution in [1.82, 2.24) is 5.32 Å². The van der Waals surface area contributed by atoms with E-state index in [1.165, 1.54) is 43.6 Å². The van der Waals surface area contributed by atoms with Gasteiger partial charge >= 0.3 is 0 Å². The van der Waals surface area contributed by atoms with Gasteiger partial charge in [-0.1, -0.05) is 39.3 Å². The zero-order valence-corrected chi connectivity index (χ0v) is 12.7. The van der Waals surface area contributed by atoms with Gasteiger partial charge in [0.05, 0.1) is 0 Å². The maximum Gasteiger partial charge on any atom is 0.0366 e. The van der Waals surface area contributed by atoms with Crippen molar-refractivity contribution in [3.63, 3.8) is 0 Å². The topological polar surface area (TPSA) is 15.3 Å². The van der Waals surface area contributed by atoms with E-state index in [0.29, 0.717) is 6.04 Å².